The monoisotopic (exact) mass is 324 g/mol. The van der Waals surface area contributed by atoms with Crippen LogP contribution in [0.5, 0.6) is 0 Å². The molecule has 3 rings (SSSR count). The second-order valence-corrected chi connectivity index (χ2v) is 6.48. The summed E-state index contributed by atoms with van der Waals surface area (Å²) in [5.74, 6) is 0.872. The van der Waals surface area contributed by atoms with E-state index in [1.54, 1.807) is 18.0 Å². The van der Waals surface area contributed by atoms with E-state index < -0.39 is 0 Å². The fourth-order valence-corrected chi connectivity index (χ4v) is 3.35. The number of aryl methyl sites for hydroxylation is 1. The largest absolute Gasteiger partial charge is 0.390 e. The van der Waals surface area contributed by atoms with Crippen LogP contribution in [0.3, 0.4) is 0 Å². The number of aliphatic hydroxyl groups excluding tert-OH is 1. The molecule has 0 aliphatic heterocycles. The van der Waals surface area contributed by atoms with Gasteiger partial charge in [0, 0.05) is 12.3 Å². The van der Waals surface area contributed by atoms with Crippen molar-refractivity contribution in [3.63, 3.8) is 0 Å². The molecule has 0 radical (unpaired) electrons. The summed E-state index contributed by atoms with van der Waals surface area (Å²) in [4.78, 5) is 4.48. The number of imidazole rings is 1. The zero-order valence-corrected chi connectivity index (χ0v) is 14.0. The maximum absolute atomic E-state index is 9.57. The summed E-state index contributed by atoms with van der Waals surface area (Å²) < 4.78 is 2.10. The Morgan fingerprint density at radius 3 is 2.43 bits per heavy atom. The Labute approximate surface area is 141 Å². The predicted octanol–water partition coefficient (Wildman–Crippen LogP) is 4.02. The lowest BCUT2D eigenvalue weighted by molar-refractivity contribution is 0.270. The summed E-state index contributed by atoms with van der Waals surface area (Å²) in [6, 6.07) is 18.8. The van der Waals surface area contributed by atoms with Gasteiger partial charge in [0.15, 0.2) is 5.16 Å². The maximum Gasteiger partial charge on any atom is 0.168 e. The molecule has 0 spiro atoms. The van der Waals surface area contributed by atoms with Crippen LogP contribution in [0, 0.1) is 6.92 Å². The maximum atomic E-state index is 9.57. The lowest BCUT2D eigenvalue weighted by Gasteiger charge is -2.11. The van der Waals surface area contributed by atoms with Crippen molar-refractivity contribution in [1.82, 2.24) is 9.55 Å². The minimum absolute atomic E-state index is 0.00472. The summed E-state index contributed by atoms with van der Waals surface area (Å²) >= 11 is 1.70. The molecule has 1 aromatic heterocycles. The third kappa shape index (κ3) is 4.03. The third-order valence-corrected chi connectivity index (χ3v) is 4.80. The molecule has 0 aliphatic carbocycles. The highest BCUT2D eigenvalue weighted by atomic mass is 32.2. The molecule has 0 saturated carbocycles. The van der Waals surface area contributed by atoms with Crippen LogP contribution in [0.25, 0.3) is 0 Å². The Bertz CT molecular complexity index is 751. The zero-order chi connectivity index (χ0) is 16.1. The normalized spacial score (nSPS) is 10.9. The second-order valence-electron chi connectivity index (χ2n) is 5.54. The number of rotatable bonds is 6. The molecule has 23 heavy (non-hydrogen) atoms. The second kappa shape index (κ2) is 7.49. The molecule has 1 N–H and O–H groups in total. The van der Waals surface area contributed by atoms with Gasteiger partial charge >= 0.3 is 0 Å². The van der Waals surface area contributed by atoms with Crippen molar-refractivity contribution in [2.45, 2.75) is 31.0 Å². The number of nitrogens with zero attached hydrogens (tertiary/aromatic N) is 2. The van der Waals surface area contributed by atoms with Crippen molar-refractivity contribution in [3.8, 4) is 0 Å². The van der Waals surface area contributed by atoms with E-state index in [2.05, 4.69) is 52.9 Å². The van der Waals surface area contributed by atoms with Crippen molar-refractivity contribution in [3.05, 3.63) is 83.2 Å². The number of hydrogen-bond donors (Lipinski definition) is 1. The third-order valence-electron chi connectivity index (χ3n) is 3.74. The van der Waals surface area contributed by atoms with Crippen LogP contribution in [0.15, 0.2) is 66.0 Å². The molecule has 0 atom stereocenters. The minimum Gasteiger partial charge on any atom is -0.390 e. The van der Waals surface area contributed by atoms with Gasteiger partial charge < -0.3 is 9.67 Å². The fraction of sp³-hybridized carbons (Fsp3) is 0.211. The summed E-state index contributed by atoms with van der Waals surface area (Å²) in [6.07, 6.45) is 1.77. The molecular weight excluding hydrogens is 304 g/mol. The average molecular weight is 324 g/mol. The van der Waals surface area contributed by atoms with E-state index in [9.17, 15) is 5.11 Å². The molecule has 0 bridgehead atoms. The van der Waals surface area contributed by atoms with Crippen molar-refractivity contribution in [1.29, 1.82) is 0 Å². The van der Waals surface area contributed by atoms with Gasteiger partial charge in [-0.05, 0) is 18.1 Å². The Balaban J connectivity index is 1.78. The molecule has 118 valence electrons. The Morgan fingerprint density at radius 1 is 1.00 bits per heavy atom. The first-order chi connectivity index (χ1) is 11.3. The number of thioether (sulfide) groups is 1. The topological polar surface area (TPSA) is 38.0 Å². The number of aliphatic hydroxyl groups is 1. The molecule has 0 unspecified atom stereocenters. The van der Waals surface area contributed by atoms with Crippen molar-refractivity contribution < 1.29 is 5.11 Å². The van der Waals surface area contributed by atoms with Gasteiger partial charge in [-0.3, -0.25) is 0 Å². The first-order valence-electron chi connectivity index (χ1n) is 7.64. The van der Waals surface area contributed by atoms with Crippen LogP contribution in [0.1, 0.15) is 22.4 Å². The van der Waals surface area contributed by atoms with E-state index >= 15 is 0 Å². The van der Waals surface area contributed by atoms with E-state index in [0.717, 1.165) is 23.1 Å². The smallest absolute Gasteiger partial charge is 0.168 e. The van der Waals surface area contributed by atoms with Crippen molar-refractivity contribution in [2.75, 3.05) is 0 Å². The molecule has 2 aromatic carbocycles. The first kappa shape index (κ1) is 15.8. The van der Waals surface area contributed by atoms with E-state index in [-0.39, 0.29) is 6.61 Å². The van der Waals surface area contributed by atoms with Gasteiger partial charge in [0.05, 0.1) is 18.5 Å². The van der Waals surface area contributed by atoms with Crippen LogP contribution in [0.2, 0.25) is 0 Å². The predicted molar refractivity (Wildman–Crippen MR) is 94.4 cm³/mol. The minimum atomic E-state index is 0.00472. The fourth-order valence-electron chi connectivity index (χ4n) is 2.40. The summed E-state index contributed by atoms with van der Waals surface area (Å²) in [5, 5.41) is 10.5. The Morgan fingerprint density at radius 2 is 1.74 bits per heavy atom. The summed E-state index contributed by atoms with van der Waals surface area (Å²) in [6.45, 7) is 2.82. The van der Waals surface area contributed by atoms with Gasteiger partial charge in [-0.25, -0.2) is 4.98 Å². The number of hydrogen-bond acceptors (Lipinski definition) is 3. The summed E-state index contributed by atoms with van der Waals surface area (Å²) in [5.41, 5.74) is 4.58. The van der Waals surface area contributed by atoms with Gasteiger partial charge in [-0.1, -0.05) is 71.9 Å². The van der Waals surface area contributed by atoms with Gasteiger partial charge in [-0.2, -0.15) is 0 Å². The summed E-state index contributed by atoms with van der Waals surface area (Å²) in [7, 11) is 0. The molecule has 0 aliphatic rings. The first-order valence-corrected chi connectivity index (χ1v) is 8.62. The van der Waals surface area contributed by atoms with Crippen molar-refractivity contribution >= 4 is 11.8 Å². The van der Waals surface area contributed by atoms with Crippen LogP contribution >= 0.6 is 11.8 Å². The highest BCUT2D eigenvalue weighted by Gasteiger charge is 2.10. The van der Waals surface area contributed by atoms with Gasteiger partial charge in [0.25, 0.3) is 0 Å². The molecule has 0 fully saturated rings. The zero-order valence-electron chi connectivity index (χ0n) is 13.1. The van der Waals surface area contributed by atoms with Gasteiger partial charge in [-0.15, -0.1) is 0 Å². The molecule has 1 heterocycles. The van der Waals surface area contributed by atoms with Crippen LogP contribution < -0.4 is 0 Å². The quantitative estimate of drug-likeness (QED) is 0.696. The molecule has 4 heteroatoms. The number of aromatic nitrogens is 2. The van der Waals surface area contributed by atoms with Crippen LogP contribution in [-0.2, 0) is 18.9 Å². The van der Waals surface area contributed by atoms with E-state index in [1.807, 2.05) is 18.2 Å². The molecule has 0 saturated heterocycles. The standard InChI is InChI=1S/C19H20N2OS/c1-15-7-9-16(10-8-15)12-21-18(13-22)11-20-19(21)23-14-17-5-3-2-4-6-17/h2-11,22H,12-14H2,1H3. The van der Waals surface area contributed by atoms with Crippen molar-refractivity contribution in [2.24, 2.45) is 0 Å². The van der Waals surface area contributed by atoms with Crippen LogP contribution in [-0.4, -0.2) is 14.7 Å². The molecular formula is C19H20N2OS. The van der Waals surface area contributed by atoms with E-state index in [0.29, 0.717) is 0 Å². The average Bonchev–Trinajstić information content (AvgIpc) is 2.98. The lowest BCUT2D eigenvalue weighted by Crippen LogP contribution is -2.06. The Kier molecular flexibility index (Phi) is 5.16. The van der Waals surface area contributed by atoms with Crippen LogP contribution in [0.4, 0.5) is 0 Å². The lowest BCUT2D eigenvalue weighted by atomic mass is 10.1. The molecule has 0 amide bonds. The highest BCUT2D eigenvalue weighted by molar-refractivity contribution is 7.98. The van der Waals surface area contributed by atoms with Gasteiger partial charge in [0.1, 0.15) is 0 Å². The van der Waals surface area contributed by atoms with E-state index in [4.69, 9.17) is 0 Å². The highest BCUT2D eigenvalue weighted by Crippen LogP contribution is 2.24. The Hall–Kier alpha value is -2.04. The SMILES string of the molecule is Cc1ccc(Cn2c(CO)cnc2SCc2ccccc2)cc1. The number of benzene rings is 2. The van der Waals surface area contributed by atoms with E-state index in [1.165, 1.54) is 16.7 Å². The molecule has 3 aromatic rings. The van der Waals surface area contributed by atoms with Gasteiger partial charge in [0.2, 0.25) is 0 Å². The molecule has 3 nitrogen and oxygen atoms in total.